The summed E-state index contributed by atoms with van der Waals surface area (Å²) in [6.45, 7) is -2.54. The van der Waals surface area contributed by atoms with E-state index in [0.717, 1.165) is 6.20 Å². The molecule has 2 aliphatic rings. The molecule has 0 radical (unpaired) electrons. The molecule has 0 aromatic carbocycles. The summed E-state index contributed by atoms with van der Waals surface area (Å²) in [5.41, 5.74) is 0.370. The highest BCUT2D eigenvalue weighted by Crippen LogP contribution is 2.20. The molecule has 0 aliphatic carbocycles. The third kappa shape index (κ3) is 1.36. The topological polar surface area (TPSA) is 47.3 Å². The van der Waals surface area contributed by atoms with Crippen LogP contribution < -0.4 is 0 Å². The zero-order chi connectivity index (χ0) is 13.6. The van der Waals surface area contributed by atoms with Gasteiger partial charge in [0.2, 0.25) is 0 Å². The normalized spacial score (nSPS) is 18.6. The first kappa shape index (κ1) is 4.11. The van der Waals surface area contributed by atoms with Crippen LogP contribution in [-0.2, 0) is 11.3 Å². The number of hydrogen-bond donors (Lipinski definition) is 1. The van der Waals surface area contributed by atoms with E-state index in [1.165, 1.54) is 12.3 Å². The minimum atomic E-state index is -2.87. The molecule has 2 rings (SSSR count). The van der Waals surface area contributed by atoms with Crippen LogP contribution in [0, 0.1) is 0 Å². The zero-order valence-corrected chi connectivity index (χ0v) is 6.56. The van der Waals surface area contributed by atoms with Crippen molar-refractivity contribution < 1.29 is 16.8 Å². The molecule has 0 bridgehead atoms. The van der Waals surface area contributed by atoms with Crippen molar-refractivity contribution in [2.24, 2.45) is 0 Å². The SMILES string of the molecule is [2H]C([2H])([2H])OC([2H])([2H])c1cc2ccnc-2n(O)c1. The molecule has 0 saturated heterocycles. The Morgan fingerprint density at radius 1 is 1.85 bits per heavy atom. The van der Waals surface area contributed by atoms with Crippen LogP contribution in [-0.4, -0.2) is 22.0 Å². The number of fused-ring (bicyclic) bond motifs is 1. The monoisotopic (exact) mass is 183 g/mol. The molecule has 4 nitrogen and oxygen atoms in total. The smallest absolute Gasteiger partial charge is 0.175 e. The van der Waals surface area contributed by atoms with E-state index in [0.29, 0.717) is 10.3 Å². The van der Waals surface area contributed by atoms with Gasteiger partial charge in [0.1, 0.15) is 0 Å². The first-order valence-corrected chi connectivity index (χ1v) is 3.56. The standard InChI is InChI=1S/C9H10N2O2/c1-13-6-7-4-8-2-3-10-9(8)11(12)5-7/h2-5,12H,6H2,1H3/i1D3,6D2. The molecule has 0 aromatic rings. The van der Waals surface area contributed by atoms with E-state index in [2.05, 4.69) is 9.72 Å². The maximum absolute atomic E-state index is 9.59. The van der Waals surface area contributed by atoms with Crippen molar-refractivity contribution in [1.82, 2.24) is 9.71 Å². The fourth-order valence-electron chi connectivity index (χ4n) is 1.15. The van der Waals surface area contributed by atoms with Gasteiger partial charge in [-0.25, -0.2) is 4.98 Å². The molecule has 0 spiro atoms. The van der Waals surface area contributed by atoms with Crippen LogP contribution in [0.1, 0.15) is 12.4 Å². The van der Waals surface area contributed by atoms with E-state index >= 15 is 0 Å². The Kier molecular flexibility index (Phi) is 0.968. The number of nitrogens with zero attached hydrogens (tertiary/aromatic N) is 2. The molecule has 0 aromatic heterocycles. The van der Waals surface area contributed by atoms with Crippen molar-refractivity contribution in [2.45, 2.75) is 6.56 Å². The lowest BCUT2D eigenvalue weighted by atomic mass is 10.2. The van der Waals surface area contributed by atoms with Gasteiger partial charge in [0, 0.05) is 18.8 Å². The second kappa shape index (κ2) is 3.06. The van der Waals surface area contributed by atoms with Crippen molar-refractivity contribution in [3.8, 4) is 11.4 Å². The molecule has 2 heterocycles. The minimum absolute atomic E-state index is 0.110. The molecule has 0 fully saturated rings. The molecule has 68 valence electrons. The summed E-state index contributed by atoms with van der Waals surface area (Å²) >= 11 is 0. The highest BCUT2D eigenvalue weighted by Gasteiger charge is 2.08. The van der Waals surface area contributed by atoms with Crippen LogP contribution in [0.4, 0.5) is 0 Å². The van der Waals surface area contributed by atoms with Crippen LogP contribution in [0.5, 0.6) is 0 Å². The van der Waals surface area contributed by atoms with E-state index in [4.69, 9.17) is 6.85 Å². The molecule has 0 amide bonds. The van der Waals surface area contributed by atoms with Gasteiger partial charge in [-0.3, -0.25) is 0 Å². The van der Waals surface area contributed by atoms with Crippen molar-refractivity contribution >= 4 is 0 Å². The summed E-state index contributed by atoms with van der Waals surface area (Å²) in [6.07, 6.45) is 2.47. The van der Waals surface area contributed by atoms with Gasteiger partial charge in [-0.2, -0.15) is 4.73 Å². The van der Waals surface area contributed by atoms with Gasteiger partial charge in [-0.05, 0) is 17.7 Å². The maximum atomic E-state index is 9.59. The molecule has 13 heavy (non-hydrogen) atoms. The molecule has 0 saturated carbocycles. The molecule has 0 unspecified atom stereocenters. The molecule has 2 aliphatic heterocycles. The summed E-state index contributed by atoms with van der Waals surface area (Å²) in [5, 5.41) is 9.59. The lowest BCUT2D eigenvalue weighted by Crippen LogP contribution is -2.01. The quantitative estimate of drug-likeness (QED) is 0.715. The fourth-order valence-corrected chi connectivity index (χ4v) is 1.15. The predicted octanol–water partition coefficient (Wildman–Crippen LogP) is 1.37. The number of methoxy groups -OCH3 is 1. The number of rotatable bonds is 2. The average molecular weight is 183 g/mol. The van der Waals surface area contributed by atoms with Crippen LogP contribution in [0.3, 0.4) is 0 Å². The largest absolute Gasteiger partial charge is 0.427 e. The van der Waals surface area contributed by atoms with Gasteiger partial charge >= 0.3 is 0 Å². The van der Waals surface area contributed by atoms with Crippen molar-refractivity contribution in [1.29, 1.82) is 0 Å². The first-order valence-electron chi connectivity index (χ1n) is 6.06. The van der Waals surface area contributed by atoms with Crippen molar-refractivity contribution in [3.05, 3.63) is 30.1 Å². The van der Waals surface area contributed by atoms with E-state index < -0.39 is 13.6 Å². The second-order valence-electron chi connectivity index (χ2n) is 2.50. The molecular formula is C9H10N2O2. The Morgan fingerprint density at radius 3 is 3.62 bits per heavy atom. The number of ether oxygens (including phenoxy) is 1. The third-order valence-corrected chi connectivity index (χ3v) is 1.67. The van der Waals surface area contributed by atoms with E-state index in [-0.39, 0.29) is 11.4 Å². The molecule has 4 heteroatoms. The van der Waals surface area contributed by atoms with Crippen LogP contribution >= 0.6 is 0 Å². The van der Waals surface area contributed by atoms with E-state index in [1.54, 1.807) is 6.07 Å². The highest BCUT2D eigenvalue weighted by molar-refractivity contribution is 5.57. The second-order valence-corrected chi connectivity index (χ2v) is 2.50. The Morgan fingerprint density at radius 2 is 2.77 bits per heavy atom. The fraction of sp³-hybridized carbons (Fsp3) is 0.222. The molecule has 1 N–H and O–H groups in total. The summed E-state index contributed by atoms with van der Waals surface area (Å²) in [5.74, 6) is 0.253. The Bertz CT molecular complexity index is 536. The average Bonchev–Trinajstić information content (AvgIpc) is 2.61. The lowest BCUT2D eigenvalue weighted by Gasteiger charge is -2.07. The van der Waals surface area contributed by atoms with Crippen LogP contribution in [0.15, 0.2) is 24.5 Å². The maximum Gasteiger partial charge on any atom is 0.175 e. The van der Waals surface area contributed by atoms with Gasteiger partial charge in [-0.1, -0.05) is 0 Å². The van der Waals surface area contributed by atoms with E-state index in [9.17, 15) is 5.21 Å². The highest BCUT2D eigenvalue weighted by atomic mass is 16.5. The summed E-state index contributed by atoms with van der Waals surface area (Å²) < 4.78 is 40.9. The molecule has 0 atom stereocenters. The van der Waals surface area contributed by atoms with Crippen LogP contribution in [0.25, 0.3) is 11.4 Å². The van der Waals surface area contributed by atoms with Gasteiger partial charge in [0.05, 0.1) is 19.6 Å². The Balaban J connectivity index is 2.44. The molecular weight excluding hydrogens is 168 g/mol. The Labute approximate surface area is 82.7 Å². The zero-order valence-electron chi connectivity index (χ0n) is 11.6. The summed E-state index contributed by atoms with van der Waals surface area (Å²) in [4.78, 5) is 3.85. The van der Waals surface area contributed by atoms with Crippen molar-refractivity contribution in [3.63, 3.8) is 0 Å². The van der Waals surface area contributed by atoms with Gasteiger partial charge in [0.15, 0.2) is 5.82 Å². The van der Waals surface area contributed by atoms with Crippen LogP contribution in [0.2, 0.25) is 0 Å². The van der Waals surface area contributed by atoms with E-state index in [1.807, 2.05) is 0 Å². The number of pyridine rings is 1. The summed E-state index contributed by atoms with van der Waals surface area (Å²) in [7, 11) is -2.87. The van der Waals surface area contributed by atoms with Gasteiger partial charge in [0.25, 0.3) is 0 Å². The van der Waals surface area contributed by atoms with Gasteiger partial charge in [-0.15, -0.1) is 0 Å². The Hall–Kier alpha value is -1.55. The minimum Gasteiger partial charge on any atom is -0.427 e. The summed E-state index contributed by atoms with van der Waals surface area (Å²) in [6, 6.07) is 2.94. The predicted molar refractivity (Wildman–Crippen MR) is 46.7 cm³/mol. The lowest BCUT2D eigenvalue weighted by molar-refractivity contribution is 0.168. The van der Waals surface area contributed by atoms with Crippen molar-refractivity contribution in [2.75, 3.05) is 7.04 Å². The first-order chi connectivity index (χ1) is 8.19. The third-order valence-electron chi connectivity index (χ3n) is 1.67. The number of hydrogen-bond acceptors (Lipinski definition) is 3. The number of aromatic nitrogens is 2. The van der Waals surface area contributed by atoms with Gasteiger partial charge < -0.3 is 9.94 Å².